The summed E-state index contributed by atoms with van der Waals surface area (Å²) in [5.74, 6) is 0. The van der Waals surface area contributed by atoms with Crippen molar-refractivity contribution >= 4 is 33.6 Å². The highest BCUT2D eigenvalue weighted by molar-refractivity contribution is 9.10. The predicted molar refractivity (Wildman–Crippen MR) is 83.4 cm³/mol. The van der Waals surface area contributed by atoms with Gasteiger partial charge in [0, 0.05) is 22.3 Å². The van der Waals surface area contributed by atoms with Crippen LogP contribution in [0.15, 0.2) is 46.9 Å². The third-order valence-corrected chi connectivity index (χ3v) is 3.66. The van der Waals surface area contributed by atoms with Crippen LogP contribution in [0.4, 0.5) is 11.4 Å². The SMILES string of the molecule is CCN(c1cccc(C)c1)c1ccc(C=O)cc1Br. The first-order chi connectivity index (χ1) is 9.15. The highest BCUT2D eigenvalue weighted by Gasteiger charge is 2.11. The molecular formula is C16H16BrNO. The fourth-order valence-corrected chi connectivity index (χ4v) is 2.71. The Morgan fingerprint density at radius 1 is 1.21 bits per heavy atom. The second-order valence-electron chi connectivity index (χ2n) is 4.41. The van der Waals surface area contributed by atoms with Crippen molar-refractivity contribution < 1.29 is 4.79 Å². The Bertz CT molecular complexity index is 595. The standard InChI is InChI=1S/C16H16BrNO/c1-3-18(14-6-4-5-12(2)9-14)16-8-7-13(11-19)10-15(16)17/h4-11H,3H2,1-2H3. The number of nitrogens with zero attached hydrogens (tertiary/aromatic N) is 1. The average molecular weight is 318 g/mol. The number of benzene rings is 2. The van der Waals surface area contributed by atoms with Crippen LogP contribution in [0.5, 0.6) is 0 Å². The topological polar surface area (TPSA) is 20.3 Å². The number of rotatable bonds is 4. The number of hydrogen-bond acceptors (Lipinski definition) is 2. The molecule has 0 unspecified atom stereocenters. The molecule has 0 aliphatic rings. The lowest BCUT2D eigenvalue weighted by molar-refractivity contribution is 0.112. The smallest absolute Gasteiger partial charge is 0.150 e. The minimum absolute atomic E-state index is 0.677. The molecule has 0 heterocycles. The Morgan fingerprint density at radius 2 is 2.00 bits per heavy atom. The molecule has 19 heavy (non-hydrogen) atoms. The molecule has 0 N–H and O–H groups in total. The van der Waals surface area contributed by atoms with Gasteiger partial charge in [0.25, 0.3) is 0 Å². The molecule has 3 heteroatoms. The molecule has 0 aliphatic heterocycles. The van der Waals surface area contributed by atoms with Crippen LogP contribution in [-0.4, -0.2) is 12.8 Å². The van der Waals surface area contributed by atoms with Gasteiger partial charge in [-0.25, -0.2) is 0 Å². The van der Waals surface area contributed by atoms with Crippen molar-refractivity contribution in [2.45, 2.75) is 13.8 Å². The van der Waals surface area contributed by atoms with Gasteiger partial charge in [-0.15, -0.1) is 0 Å². The van der Waals surface area contributed by atoms with Crippen molar-refractivity contribution in [3.05, 3.63) is 58.1 Å². The van der Waals surface area contributed by atoms with E-state index in [2.05, 4.69) is 58.9 Å². The number of anilines is 2. The maximum atomic E-state index is 10.8. The van der Waals surface area contributed by atoms with Gasteiger partial charge in [-0.1, -0.05) is 12.1 Å². The molecule has 0 saturated carbocycles. The molecule has 0 atom stereocenters. The summed E-state index contributed by atoms with van der Waals surface area (Å²) >= 11 is 3.54. The Hall–Kier alpha value is -1.61. The van der Waals surface area contributed by atoms with Crippen molar-refractivity contribution in [1.29, 1.82) is 0 Å². The van der Waals surface area contributed by atoms with E-state index in [9.17, 15) is 4.79 Å². The van der Waals surface area contributed by atoms with Crippen molar-refractivity contribution in [3.63, 3.8) is 0 Å². The van der Waals surface area contributed by atoms with Crippen LogP contribution in [0.3, 0.4) is 0 Å². The van der Waals surface area contributed by atoms with Gasteiger partial charge in [-0.2, -0.15) is 0 Å². The summed E-state index contributed by atoms with van der Waals surface area (Å²) in [4.78, 5) is 13.0. The van der Waals surface area contributed by atoms with E-state index in [4.69, 9.17) is 0 Å². The average Bonchev–Trinajstić information content (AvgIpc) is 2.41. The zero-order valence-electron chi connectivity index (χ0n) is 11.1. The monoisotopic (exact) mass is 317 g/mol. The van der Waals surface area contributed by atoms with E-state index in [1.165, 1.54) is 5.56 Å². The molecule has 0 spiro atoms. The first kappa shape index (κ1) is 13.8. The van der Waals surface area contributed by atoms with E-state index in [1.54, 1.807) is 0 Å². The van der Waals surface area contributed by atoms with E-state index in [0.29, 0.717) is 5.56 Å². The van der Waals surface area contributed by atoms with Crippen molar-refractivity contribution in [2.24, 2.45) is 0 Å². The fraction of sp³-hybridized carbons (Fsp3) is 0.188. The van der Waals surface area contributed by atoms with Gasteiger partial charge in [-0.05, 0) is 65.7 Å². The third-order valence-electron chi connectivity index (χ3n) is 3.03. The summed E-state index contributed by atoms with van der Waals surface area (Å²) in [6, 6.07) is 14.1. The van der Waals surface area contributed by atoms with Crippen LogP contribution in [0.2, 0.25) is 0 Å². The summed E-state index contributed by atoms with van der Waals surface area (Å²) < 4.78 is 0.931. The van der Waals surface area contributed by atoms with Crippen LogP contribution in [-0.2, 0) is 0 Å². The highest BCUT2D eigenvalue weighted by atomic mass is 79.9. The van der Waals surface area contributed by atoms with Crippen LogP contribution in [0, 0.1) is 6.92 Å². The van der Waals surface area contributed by atoms with Crippen LogP contribution >= 0.6 is 15.9 Å². The first-order valence-corrected chi connectivity index (χ1v) is 7.04. The van der Waals surface area contributed by atoms with Gasteiger partial charge in [0.15, 0.2) is 0 Å². The summed E-state index contributed by atoms with van der Waals surface area (Å²) in [7, 11) is 0. The molecule has 2 aromatic carbocycles. The zero-order valence-corrected chi connectivity index (χ0v) is 12.6. The van der Waals surface area contributed by atoms with Gasteiger partial charge in [0.1, 0.15) is 6.29 Å². The van der Waals surface area contributed by atoms with Gasteiger partial charge >= 0.3 is 0 Å². The fourth-order valence-electron chi connectivity index (χ4n) is 2.10. The van der Waals surface area contributed by atoms with E-state index < -0.39 is 0 Å². The highest BCUT2D eigenvalue weighted by Crippen LogP contribution is 2.32. The lowest BCUT2D eigenvalue weighted by Gasteiger charge is -2.25. The normalized spacial score (nSPS) is 10.3. The predicted octanol–water partition coefficient (Wildman–Crippen LogP) is 4.73. The summed E-state index contributed by atoms with van der Waals surface area (Å²) in [5.41, 5.74) is 4.13. The number of halogens is 1. The Morgan fingerprint density at radius 3 is 2.58 bits per heavy atom. The summed E-state index contributed by atoms with van der Waals surface area (Å²) in [5, 5.41) is 0. The Balaban J connectivity index is 2.45. The minimum atomic E-state index is 0.677. The molecule has 0 bridgehead atoms. The van der Waals surface area contributed by atoms with E-state index in [-0.39, 0.29) is 0 Å². The quantitative estimate of drug-likeness (QED) is 0.760. The first-order valence-electron chi connectivity index (χ1n) is 6.24. The number of carbonyl (C=O) groups is 1. The molecular weight excluding hydrogens is 302 g/mol. The van der Waals surface area contributed by atoms with Crippen LogP contribution in [0.25, 0.3) is 0 Å². The molecule has 2 aromatic rings. The summed E-state index contributed by atoms with van der Waals surface area (Å²) in [6.45, 7) is 5.06. The second-order valence-corrected chi connectivity index (χ2v) is 5.27. The van der Waals surface area contributed by atoms with Gasteiger partial charge < -0.3 is 4.90 Å². The van der Waals surface area contributed by atoms with Crippen LogP contribution in [0.1, 0.15) is 22.8 Å². The van der Waals surface area contributed by atoms with Crippen molar-refractivity contribution in [2.75, 3.05) is 11.4 Å². The number of aldehydes is 1. The van der Waals surface area contributed by atoms with E-state index in [1.807, 2.05) is 18.2 Å². The number of hydrogen-bond donors (Lipinski definition) is 0. The number of aryl methyl sites for hydroxylation is 1. The molecule has 2 nitrogen and oxygen atoms in total. The Labute approximate surface area is 122 Å². The molecule has 0 aromatic heterocycles. The largest absolute Gasteiger partial charge is 0.341 e. The zero-order chi connectivity index (χ0) is 13.8. The van der Waals surface area contributed by atoms with Gasteiger partial charge in [0.05, 0.1) is 5.69 Å². The molecule has 0 amide bonds. The maximum Gasteiger partial charge on any atom is 0.150 e. The van der Waals surface area contributed by atoms with Crippen molar-refractivity contribution in [1.82, 2.24) is 0 Å². The lowest BCUT2D eigenvalue weighted by Crippen LogP contribution is -2.16. The van der Waals surface area contributed by atoms with Crippen LogP contribution < -0.4 is 4.90 Å². The maximum absolute atomic E-state index is 10.8. The molecule has 98 valence electrons. The minimum Gasteiger partial charge on any atom is -0.341 e. The second kappa shape index (κ2) is 6.02. The third kappa shape index (κ3) is 3.04. The lowest BCUT2D eigenvalue weighted by atomic mass is 10.1. The molecule has 0 radical (unpaired) electrons. The van der Waals surface area contributed by atoms with Gasteiger partial charge in [0.2, 0.25) is 0 Å². The van der Waals surface area contributed by atoms with E-state index in [0.717, 1.165) is 28.7 Å². The van der Waals surface area contributed by atoms with Gasteiger partial charge in [-0.3, -0.25) is 4.79 Å². The molecule has 0 aliphatic carbocycles. The molecule has 0 fully saturated rings. The van der Waals surface area contributed by atoms with E-state index >= 15 is 0 Å². The summed E-state index contributed by atoms with van der Waals surface area (Å²) in [6.07, 6.45) is 0.859. The molecule has 0 saturated heterocycles. The number of carbonyl (C=O) groups excluding carboxylic acids is 1. The Kier molecular flexibility index (Phi) is 4.38. The molecule has 2 rings (SSSR count). The van der Waals surface area contributed by atoms with Crippen molar-refractivity contribution in [3.8, 4) is 0 Å².